The molecule has 1 aromatic rings. The van der Waals surface area contributed by atoms with E-state index in [2.05, 4.69) is 5.32 Å². The minimum Gasteiger partial charge on any atom is -0.355 e. The van der Waals surface area contributed by atoms with Crippen molar-refractivity contribution in [2.45, 2.75) is 13.3 Å². The van der Waals surface area contributed by atoms with Gasteiger partial charge in [-0.05, 0) is 24.1 Å². The summed E-state index contributed by atoms with van der Waals surface area (Å²) in [4.78, 5) is 11.4. The van der Waals surface area contributed by atoms with Crippen LogP contribution in [0.1, 0.15) is 12.5 Å². The van der Waals surface area contributed by atoms with E-state index in [1.54, 1.807) is 13.0 Å². The van der Waals surface area contributed by atoms with E-state index in [0.29, 0.717) is 19.5 Å². The van der Waals surface area contributed by atoms with Crippen LogP contribution in [0, 0.1) is 11.7 Å². The molecule has 3 N–H and O–H groups in total. The molecule has 0 radical (unpaired) electrons. The molecule has 1 rings (SSSR count). The zero-order chi connectivity index (χ0) is 12.0. The second-order valence-electron chi connectivity index (χ2n) is 3.81. The van der Waals surface area contributed by atoms with Crippen LogP contribution >= 0.6 is 0 Å². The van der Waals surface area contributed by atoms with Gasteiger partial charge in [0, 0.05) is 19.0 Å². The van der Waals surface area contributed by atoms with E-state index in [-0.39, 0.29) is 17.6 Å². The molecule has 0 spiro atoms. The van der Waals surface area contributed by atoms with Gasteiger partial charge in [-0.25, -0.2) is 4.39 Å². The third-order valence-corrected chi connectivity index (χ3v) is 2.40. The first-order valence-electron chi connectivity index (χ1n) is 5.35. The van der Waals surface area contributed by atoms with Crippen molar-refractivity contribution in [1.82, 2.24) is 5.32 Å². The van der Waals surface area contributed by atoms with E-state index in [9.17, 15) is 9.18 Å². The summed E-state index contributed by atoms with van der Waals surface area (Å²) in [5.74, 6) is -0.481. The molecule has 16 heavy (non-hydrogen) atoms. The molecule has 1 atom stereocenters. The van der Waals surface area contributed by atoms with Gasteiger partial charge in [-0.15, -0.1) is 0 Å². The number of benzene rings is 1. The molecule has 3 nitrogen and oxygen atoms in total. The Kier molecular flexibility index (Phi) is 4.92. The molecule has 4 heteroatoms. The average molecular weight is 224 g/mol. The Morgan fingerprint density at radius 3 is 2.94 bits per heavy atom. The van der Waals surface area contributed by atoms with Crippen molar-refractivity contribution < 1.29 is 9.18 Å². The van der Waals surface area contributed by atoms with E-state index in [0.717, 1.165) is 5.56 Å². The zero-order valence-electron chi connectivity index (χ0n) is 9.37. The van der Waals surface area contributed by atoms with Gasteiger partial charge in [0.15, 0.2) is 0 Å². The third kappa shape index (κ3) is 3.98. The molecule has 0 fully saturated rings. The largest absolute Gasteiger partial charge is 0.355 e. The number of hydrogen-bond donors (Lipinski definition) is 2. The number of rotatable bonds is 5. The van der Waals surface area contributed by atoms with Crippen LogP contribution in [0.25, 0.3) is 0 Å². The summed E-state index contributed by atoms with van der Waals surface area (Å²) >= 11 is 0. The molecule has 88 valence electrons. The molecule has 0 aliphatic heterocycles. The summed E-state index contributed by atoms with van der Waals surface area (Å²) in [6, 6.07) is 6.37. The minimum absolute atomic E-state index is 0.0566. The minimum atomic E-state index is -0.251. The van der Waals surface area contributed by atoms with Gasteiger partial charge >= 0.3 is 0 Å². The maximum Gasteiger partial charge on any atom is 0.224 e. The predicted octanol–water partition coefficient (Wildman–Crippen LogP) is 1.08. The molecule has 0 aliphatic rings. The fourth-order valence-corrected chi connectivity index (χ4v) is 1.30. The van der Waals surface area contributed by atoms with Crippen molar-refractivity contribution in [3.05, 3.63) is 35.6 Å². The van der Waals surface area contributed by atoms with E-state index >= 15 is 0 Å². The Bertz CT molecular complexity index is 355. The summed E-state index contributed by atoms with van der Waals surface area (Å²) < 4.78 is 12.8. The predicted molar refractivity (Wildman–Crippen MR) is 61.3 cm³/mol. The second-order valence-corrected chi connectivity index (χ2v) is 3.81. The molecule has 0 saturated carbocycles. The highest BCUT2D eigenvalue weighted by molar-refractivity contribution is 5.78. The van der Waals surface area contributed by atoms with Gasteiger partial charge in [0.1, 0.15) is 5.82 Å². The number of carbonyl (C=O) groups excluding carboxylic acids is 1. The van der Waals surface area contributed by atoms with Crippen LogP contribution in [0.15, 0.2) is 24.3 Å². The van der Waals surface area contributed by atoms with Crippen LogP contribution < -0.4 is 11.1 Å². The van der Waals surface area contributed by atoms with Crippen molar-refractivity contribution >= 4 is 5.91 Å². The standard InChI is InChI=1S/C12H17FN2O/c1-9(8-14)12(16)15-6-5-10-3-2-4-11(13)7-10/h2-4,7,9H,5-6,8,14H2,1H3,(H,15,16). The summed E-state index contributed by atoms with van der Waals surface area (Å²) in [5.41, 5.74) is 6.24. The molecular formula is C12H17FN2O. The molecule has 1 unspecified atom stereocenters. The van der Waals surface area contributed by atoms with Crippen molar-refractivity contribution in [3.8, 4) is 0 Å². The van der Waals surface area contributed by atoms with Crippen LogP contribution in [0.5, 0.6) is 0 Å². The maximum absolute atomic E-state index is 12.8. The van der Waals surface area contributed by atoms with Crippen LogP contribution in [0.2, 0.25) is 0 Å². The normalized spacial score (nSPS) is 12.2. The molecule has 0 aliphatic carbocycles. The molecular weight excluding hydrogens is 207 g/mol. The number of nitrogens with two attached hydrogens (primary N) is 1. The lowest BCUT2D eigenvalue weighted by atomic mass is 10.1. The van der Waals surface area contributed by atoms with E-state index < -0.39 is 0 Å². The topological polar surface area (TPSA) is 55.1 Å². The number of carbonyl (C=O) groups is 1. The van der Waals surface area contributed by atoms with Gasteiger partial charge in [-0.1, -0.05) is 19.1 Å². The first kappa shape index (κ1) is 12.6. The highest BCUT2D eigenvalue weighted by atomic mass is 19.1. The van der Waals surface area contributed by atoms with Crippen LogP contribution in [-0.2, 0) is 11.2 Å². The number of nitrogens with one attached hydrogen (secondary N) is 1. The number of halogens is 1. The van der Waals surface area contributed by atoms with Gasteiger partial charge in [-0.3, -0.25) is 4.79 Å². The Labute approximate surface area is 94.8 Å². The molecule has 0 heterocycles. The van der Waals surface area contributed by atoms with Gasteiger partial charge in [0.25, 0.3) is 0 Å². The molecule has 0 bridgehead atoms. The fraction of sp³-hybridized carbons (Fsp3) is 0.417. The molecule has 1 amide bonds. The Morgan fingerprint density at radius 2 is 2.31 bits per heavy atom. The Hall–Kier alpha value is -1.42. The average Bonchev–Trinajstić information content (AvgIpc) is 2.28. The highest BCUT2D eigenvalue weighted by Crippen LogP contribution is 2.03. The van der Waals surface area contributed by atoms with E-state index in [4.69, 9.17) is 5.73 Å². The summed E-state index contributed by atoms with van der Waals surface area (Å²) in [6.07, 6.45) is 0.626. The summed E-state index contributed by atoms with van der Waals surface area (Å²) in [7, 11) is 0. The quantitative estimate of drug-likeness (QED) is 0.786. The fourth-order valence-electron chi connectivity index (χ4n) is 1.30. The first-order chi connectivity index (χ1) is 7.63. The summed E-state index contributed by atoms with van der Waals surface area (Å²) in [5, 5.41) is 2.76. The van der Waals surface area contributed by atoms with Crippen LogP contribution in [0.3, 0.4) is 0 Å². The number of hydrogen-bond acceptors (Lipinski definition) is 2. The molecule has 0 aromatic heterocycles. The van der Waals surface area contributed by atoms with Gasteiger partial charge in [0.05, 0.1) is 0 Å². The van der Waals surface area contributed by atoms with Gasteiger partial charge in [0.2, 0.25) is 5.91 Å². The zero-order valence-corrected chi connectivity index (χ0v) is 9.37. The highest BCUT2D eigenvalue weighted by Gasteiger charge is 2.09. The lowest BCUT2D eigenvalue weighted by molar-refractivity contribution is -0.124. The van der Waals surface area contributed by atoms with Crippen molar-refractivity contribution in [3.63, 3.8) is 0 Å². The third-order valence-electron chi connectivity index (χ3n) is 2.40. The van der Waals surface area contributed by atoms with Crippen LogP contribution in [-0.4, -0.2) is 19.0 Å². The summed E-state index contributed by atoms with van der Waals surface area (Å²) in [6.45, 7) is 2.62. The van der Waals surface area contributed by atoms with Crippen LogP contribution in [0.4, 0.5) is 4.39 Å². The van der Waals surface area contributed by atoms with E-state index in [1.807, 2.05) is 6.07 Å². The lowest BCUT2D eigenvalue weighted by Gasteiger charge is -2.09. The van der Waals surface area contributed by atoms with Gasteiger partial charge in [-0.2, -0.15) is 0 Å². The van der Waals surface area contributed by atoms with Crippen molar-refractivity contribution in [2.24, 2.45) is 11.7 Å². The monoisotopic (exact) mass is 224 g/mol. The van der Waals surface area contributed by atoms with Crippen molar-refractivity contribution in [1.29, 1.82) is 0 Å². The maximum atomic E-state index is 12.8. The second kappa shape index (κ2) is 6.23. The number of amides is 1. The Morgan fingerprint density at radius 1 is 1.56 bits per heavy atom. The SMILES string of the molecule is CC(CN)C(=O)NCCc1cccc(F)c1. The van der Waals surface area contributed by atoms with E-state index in [1.165, 1.54) is 12.1 Å². The Balaban J connectivity index is 2.33. The molecule has 0 saturated heterocycles. The van der Waals surface area contributed by atoms with Gasteiger partial charge < -0.3 is 11.1 Å². The lowest BCUT2D eigenvalue weighted by Crippen LogP contribution is -2.34. The first-order valence-corrected chi connectivity index (χ1v) is 5.35. The smallest absolute Gasteiger partial charge is 0.224 e. The molecule has 1 aromatic carbocycles. The van der Waals surface area contributed by atoms with Crippen molar-refractivity contribution in [2.75, 3.05) is 13.1 Å².